The summed E-state index contributed by atoms with van der Waals surface area (Å²) in [7, 11) is 0. The molecule has 1 aromatic heterocycles. The van der Waals surface area contributed by atoms with E-state index in [4.69, 9.17) is 0 Å². The van der Waals surface area contributed by atoms with E-state index in [0.29, 0.717) is 6.04 Å². The lowest BCUT2D eigenvalue weighted by Gasteiger charge is -2.17. The first-order chi connectivity index (χ1) is 11.7. The van der Waals surface area contributed by atoms with Gasteiger partial charge in [0.1, 0.15) is 5.82 Å². The van der Waals surface area contributed by atoms with Gasteiger partial charge in [0.25, 0.3) is 0 Å². The number of nitrogens with one attached hydrogen (secondary N) is 2. The molecule has 4 nitrogen and oxygen atoms in total. The Morgan fingerprint density at radius 3 is 2.38 bits per heavy atom. The minimum absolute atomic E-state index is 0.513. The van der Waals surface area contributed by atoms with Crippen molar-refractivity contribution in [3.63, 3.8) is 0 Å². The van der Waals surface area contributed by atoms with Gasteiger partial charge in [0.15, 0.2) is 0 Å². The molecule has 1 aromatic carbocycles. The van der Waals surface area contributed by atoms with Crippen LogP contribution < -0.4 is 10.6 Å². The lowest BCUT2D eigenvalue weighted by Crippen LogP contribution is -2.20. The molecule has 0 radical (unpaired) electrons. The number of aryl methyl sites for hydroxylation is 2. The minimum atomic E-state index is 0.513. The second-order valence-corrected chi connectivity index (χ2v) is 6.89. The van der Waals surface area contributed by atoms with Crippen LogP contribution in [0.2, 0.25) is 0 Å². The average molecular weight is 324 g/mol. The molecule has 0 atom stereocenters. The lowest BCUT2D eigenvalue weighted by atomic mass is 10.1. The molecular weight excluding hydrogens is 296 g/mol. The van der Waals surface area contributed by atoms with Gasteiger partial charge in [-0.2, -0.15) is 4.98 Å². The summed E-state index contributed by atoms with van der Waals surface area (Å²) in [6.45, 7) is 4.91. The van der Waals surface area contributed by atoms with E-state index in [1.54, 1.807) is 0 Å². The summed E-state index contributed by atoms with van der Waals surface area (Å²) in [5.41, 5.74) is 3.54. The fourth-order valence-electron chi connectivity index (χ4n) is 3.23. The van der Waals surface area contributed by atoms with Crippen LogP contribution in [0.4, 0.5) is 11.8 Å². The highest BCUT2D eigenvalue weighted by atomic mass is 15.2. The van der Waals surface area contributed by atoms with E-state index in [1.165, 1.54) is 49.7 Å². The zero-order chi connectivity index (χ0) is 16.8. The van der Waals surface area contributed by atoms with Gasteiger partial charge in [-0.3, -0.25) is 0 Å². The van der Waals surface area contributed by atoms with Crippen LogP contribution in [0.5, 0.6) is 0 Å². The van der Waals surface area contributed by atoms with Gasteiger partial charge in [-0.1, -0.05) is 55.5 Å². The average Bonchev–Trinajstić information content (AvgIpc) is 2.82. The molecule has 2 aromatic rings. The molecule has 24 heavy (non-hydrogen) atoms. The van der Waals surface area contributed by atoms with E-state index in [2.05, 4.69) is 51.8 Å². The zero-order valence-corrected chi connectivity index (χ0v) is 14.8. The van der Waals surface area contributed by atoms with Crippen LogP contribution in [0.25, 0.3) is 0 Å². The molecule has 4 heteroatoms. The van der Waals surface area contributed by atoms with Crippen molar-refractivity contribution in [2.24, 2.45) is 0 Å². The number of aromatic nitrogens is 2. The molecule has 128 valence electrons. The van der Waals surface area contributed by atoms with Crippen molar-refractivity contribution in [3.05, 3.63) is 47.2 Å². The summed E-state index contributed by atoms with van der Waals surface area (Å²) in [5.74, 6) is 1.65. The van der Waals surface area contributed by atoms with Gasteiger partial charge in [-0.05, 0) is 32.3 Å². The largest absolute Gasteiger partial charge is 0.366 e. The quantitative estimate of drug-likeness (QED) is 0.773. The van der Waals surface area contributed by atoms with E-state index in [0.717, 1.165) is 24.0 Å². The summed E-state index contributed by atoms with van der Waals surface area (Å²) in [6.07, 6.45) is 7.78. The van der Waals surface area contributed by atoms with Crippen LogP contribution in [0.15, 0.2) is 30.3 Å². The summed E-state index contributed by atoms with van der Waals surface area (Å²) < 4.78 is 0. The van der Waals surface area contributed by atoms with E-state index >= 15 is 0 Å². The number of hydrogen-bond donors (Lipinski definition) is 2. The molecule has 0 unspecified atom stereocenters. The maximum Gasteiger partial charge on any atom is 0.225 e. The third kappa shape index (κ3) is 4.95. The lowest BCUT2D eigenvalue weighted by molar-refractivity contribution is 0.614. The Labute approximate surface area is 145 Å². The van der Waals surface area contributed by atoms with Gasteiger partial charge in [-0.15, -0.1) is 0 Å². The first kappa shape index (κ1) is 16.7. The van der Waals surface area contributed by atoms with Crippen molar-refractivity contribution < 1.29 is 0 Å². The van der Waals surface area contributed by atoms with Crippen LogP contribution in [-0.4, -0.2) is 16.0 Å². The summed E-state index contributed by atoms with van der Waals surface area (Å²) >= 11 is 0. The number of nitrogens with zero attached hydrogens (tertiary/aromatic N) is 2. The maximum atomic E-state index is 4.66. The molecule has 0 spiro atoms. The standard InChI is InChI=1S/C20H28N4/c1-15-9-11-17(12-10-15)14-21-19-13-16(2)22-20(24-19)23-18-7-5-3-4-6-8-18/h9-13,18H,3-8,14H2,1-2H3,(H2,21,22,23,24). The van der Waals surface area contributed by atoms with Gasteiger partial charge < -0.3 is 10.6 Å². The Hall–Kier alpha value is -2.10. The summed E-state index contributed by atoms with van der Waals surface area (Å²) in [6, 6.07) is 11.1. The third-order valence-corrected chi connectivity index (χ3v) is 4.64. The molecule has 0 bridgehead atoms. The normalized spacial score (nSPS) is 15.8. The topological polar surface area (TPSA) is 49.8 Å². The highest BCUT2D eigenvalue weighted by molar-refractivity contribution is 5.43. The summed E-state index contributed by atoms with van der Waals surface area (Å²) in [4.78, 5) is 9.22. The molecule has 0 aliphatic heterocycles. The second kappa shape index (κ2) is 8.13. The molecule has 0 amide bonds. The highest BCUT2D eigenvalue weighted by Crippen LogP contribution is 2.20. The Kier molecular flexibility index (Phi) is 5.68. The monoisotopic (exact) mass is 324 g/mol. The molecule has 2 N–H and O–H groups in total. The predicted molar refractivity (Wildman–Crippen MR) is 100 cm³/mol. The first-order valence-electron chi connectivity index (χ1n) is 9.11. The molecule has 1 fully saturated rings. The van der Waals surface area contributed by atoms with Crippen molar-refractivity contribution in [2.45, 2.75) is 65.0 Å². The molecule has 1 saturated carbocycles. The molecule has 3 rings (SSSR count). The van der Waals surface area contributed by atoms with E-state index in [9.17, 15) is 0 Å². The fraction of sp³-hybridized carbons (Fsp3) is 0.500. The van der Waals surface area contributed by atoms with Crippen LogP contribution in [0.3, 0.4) is 0 Å². The van der Waals surface area contributed by atoms with Gasteiger partial charge >= 0.3 is 0 Å². The van der Waals surface area contributed by atoms with Gasteiger partial charge in [0.2, 0.25) is 5.95 Å². The molecule has 1 aliphatic rings. The Morgan fingerprint density at radius 1 is 0.958 bits per heavy atom. The third-order valence-electron chi connectivity index (χ3n) is 4.64. The highest BCUT2D eigenvalue weighted by Gasteiger charge is 2.13. The van der Waals surface area contributed by atoms with Crippen molar-refractivity contribution in [2.75, 3.05) is 10.6 Å². The zero-order valence-electron chi connectivity index (χ0n) is 14.8. The van der Waals surface area contributed by atoms with Gasteiger partial charge in [0, 0.05) is 24.3 Å². The van der Waals surface area contributed by atoms with E-state index < -0.39 is 0 Å². The van der Waals surface area contributed by atoms with Gasteiger partial charge in [0.05, 0.1) is 0 Å². The SMILES string of the molecule is Cc1ccc(CNc2cc(C)nc(NC3CCCCCC3)n2)cc1. The summed E-state index contributed by atoms with van der Waals surface area (Å²) in [5, 5.41) is 6.97. The number of rotatable bonds is 5. The van der Waals surface area contributed by atoms with E-state index in [-0.39, 0.29) is 0 Å². The second-order valence-electron chi connectivity index (χ2n) is 6.89. The number of anilines is 2. The Balaban J connectivity index is 1.63. The van der Waals surface area contributed by atoms with Crippen LogP contribution in [0, 0.1) is 13.8 Å². The van der Waals surface area contributed by atoms with Crippen LogP contribution in [0.1, 0.15) is 55.3 Å². The van der Waals surface area contributed by atoms with Crippen molar-refractivity contribution in [1.82, 2.24) is 9.97 Å². The van der Waals surface area contributed by atoms with Crippen molar-refractivity contribution in [1.29, 1.82) is 0 Å². The molecule has 0 saturated heterocycles. The van der Waals surface area contributed by atoms with Gasteiger partial charge in [-0.25, -0.2) is 4.98 Å². The van der Waals surface area contributed by atoms with E-state index in [1.807, 2.05) is 13.0 Å². The molecule has 1 aliphatic carbocycles. The fourth-order valence-corrected chi connectivity index (χ4v) is 3.23. The van der Waals surface area contributed by atoms with Crippen LogP contribution in [-0.2, 0) is 6.54 Å². The maximum absolute atomic E-state index is 4.66. The van der Waals surface area contributed by atoms with Crippen molar-refractivity contribution >= 4 is 11.8 Å². The Bertz CT molecular complexity index is 643. The minimum Gasteiger partial charge on any atom is -0.366 e. The Morgan fingerprint density at radius 2 is 1.67 bits per heavy atom. The first-order valence-corrected chi connectivity index (χ1v) is 9.11. The molecule has 1 heterocycles. The smallest absolute Gasteiger partial charge is 0.225 e. The molecular formula is C20H28N4. The number of benzene rings is 1. The predicted octanol–water partition coefficient (Wildman–Crippen LogP) is 4.84. The van der Waals surface area contributed by atoms with Crippen molar-refractivity contribution in [3.8, 4) is 0 Å². The van der Waals surface area contributed by atoms with Crippen LogP contribution >= 0.6 is 0 Å². The number of hydrogen-bond acceptors (Lipinski definition) is 4.